The highest BCUT2D eigenvalue weighted by atomic mass is 16.5. The molecular formula is C22H37NO2. The summed E-state index contributed by atoms with van der Waals surface area (Å²) in [6.07, 6.45) is 15.3. The number of rotatable bonds is 3. The van der Waals surface area contributed by atoms with Crippen molar-refractivity contribution in [3.63, 3.8) is 0 Å². The molecule has 2 bridgehead atoms. The largest absolute Gasteiger partial charge is 0.462 e. The van der Waals surface area contributed by atoms with Gasteiger partial charge in [0.2, 0.25) is 0 Å². The summed E-state index contributed by atoms with van der Waals surface area (Å²) in [4.78, 5) is 15.8. The smallest absolute Gasteiger partial charge is 0.311 e. The minimum Gasteiger partial charge on any atom is -0.462 e. The molecule has 2 aliphatic carbocycles. The molecule has 3 nitrogen and oxygen atoms in total. The molecule has 3 heteroatoms. The minimum atomic E-state index is 0.143. The fourth-order valence-electron chi connectivity index (χ4n) is 6.46. The molecule has 0 aromatic rings. The molecule has 0 spiro atoms. The van der Waals surface area contributed by atoms with E-state index < -0.39 is 0 Å². The van der Waals surface area contributed by atoms with Gasteiger partial charge in [-0.3, -0.25) is 9.69 Å². The number of hydrogen-bond donors (Lipinski definition) is 0. The number of fused-ring (bicyclic) bond motifs is 2. The van der Waals surface area contributed by atoms with E-state index in [1.165, 1.54) is 64.2 Å². The Kier molecular flexibility index (Phi) is 5.41. The molecule has 2 aliphatic heterocycles. The quantitative estimate of drug-likeness (QED) is 0.688. The van der Waals surface area contributed by atoms with Crippen LogP contribution >= 0.6 is 0 Å². The predicted molar refractivity (Wildman–Crippen MR) is 100 cm³/mol. The first-order valence-electron chi connectivity index (χ1n) is 11.1. The number of piperidine rings is 1. The Labute approximate surface area is 153 Å². The van der Waals surface area contributed by atoms with Gasteiger partial charge in [0.25, 0.3) is 0 Å². The molecule has 4 atom stereocenters. The predicted octanol–water partition coefficient (Wildman–Crippen LogP) is 4.79. The van der Waals surface area contributed by atoms with Crippen LogP contribution in [0.3, 0.4) is 0 Å². The molecule has 2 heterocycles. The Bertz CT molecular complexity index is 465. The van der Waals surface area contributed by atoms with Gasteiger partial charge in [-0.25, -0.2) is 0 Å². The van der Waals surface area contributed by atoms with Crippen molar-refractivity contribution in [1.82, 2.24) is 4.90 Å². The topological polar surface area (TPSA) is 29.5 Å². The summed E-state index contributed by atoms with van der Waals surface area (Å²) in [5, 5.41) is 0. The number of carbonyl (C=O) groups is 1. The SMILES string of the molecule is CC1CCC([C@H]2CC3CCC(C2C(=O)OC2CCCCC2)N3C)CC1. The third kappa shape index (κ3) is 3.63. The Morgan fingerprint density at radius 1 is 0.920 bits per heavy atom. The third-order valence-electron chi connectivity index (χ3n) is 8.09. The zero-order chi connectivity index (χ0) is 17.4. The molecule has 2 saturated heterocycles. The second-order valence-corrected chi connectivity index (χ2v) is 9.61. The van der Waals surface area contributed by atoms with Gasteiger partial charge in [-0.1, -0.05) is 26.2 Å². The molecule has 0 aromatic heterocycles. The van der Waals surface area contributed by atoms with Gasteiger partial charge in [-0.05, 0) is 82.6 Å². The highest BCUT2D eigenvalue weighted by molar-refractivity contribution is 5.74. The minimum absolute atomic E-state index is 0.143. The summed E-state index contributed by atoms with van der Waals surface area (Å²) >= 11 is 0. The molecule has 0 radical (unpaired) electrons. The van der Waals surface area contributed by atoms with Crippen LogP contribution in [0.15, 0.2) is 0 Å². The monoisotopic (exact) mass is 347 g/mol. The Balaban J connectivity index is 1.48. The van der Waals surface area contributed by atoms with E-state index in [2.05, 4.69) is 18.9 Å². The number of ether oxygens (including phenoxy) is 1. The lowest BCUT2D eigenvalue weighted by Crippen LogP contribution is -2.52. The molecule has 0 aromatic carbocycles. The zero-order valence-electron chi connectivity index (χ0n) is 16.3. The standard InChI is InChI=1S/C22H37NO2/c1-15-8-10-16(11-9-15)19-14-17-12-13-20(23(17)2)21(19)22(24)25-18-6-4-3-5-7-18/h15-21H,3-14H2,1-2H3/t15?,16?,17?,19-,20?,21?/m1/s1. The average molecular weight is 348 g/mol. The van der Waals surface area contributed by atoms with E-state index in [-0.39, 0.29) is 18.0 Å². The maximum atomic E-state index is 13.3. The van der Waals surface area contributed by atoms with Crippen LogP contribution in [0.2, 0.25) is 0 Å². The number of hydrogen-bond acceptors (Lipinski definition) is 3. The molecule has 2 saturated carbocycles. The van der Waals surface area contributed by atoms with Crippen molar-refractivity contribution in [1.29, 1.82) is 0 Å². The molecule has 0 amide bonds. The first-order chi connectivity index (χ1) is 12.1. The van der Waals surface area contributed by atoms with Crippen LogP contribution in [0.5, 0.6) is 0 Å². The van der Waals surface area contributed by atoms with Crippen LogP contribution in [0.25, 0.3) is 0 Å². The molecule has 3 unspecified atom stereocenters. The summed E-state index contributed by atoms with van der Waals surface area (Å²) in [5.41, 5.74) is 0. The van der Waals surface area contributed by atoms with Crippen LogP contribution in [-0.4, -0.2) is 36.1 Å². The van der Waals surface area contributed by atoms with E-state index in [0.29, 0.717) is 18.0 Å². The van der Waals surface area contributed by atoms with Crippen molar-refractivity contribution < 1.29 is 9.53 Å². The Morgan fingerprint density at radius 3 is 2.36 bits per heavy atom. The van der Waals surface area contributed by atoms with Crippen molar-refractivity contribution in [2.75, 3.05) is 7.05 Å². The molecule has 25 heavy (non-hydrogen) atoms. The van der Waals surface area contributed by atoms with E-state index in [1.807, 2.05) is 0 Å². The van der Waals surface area contributed by atoms with Crippen LogP contribution in [-0.2, 0) is 9.53 Å². The summed E-state index contributed by atoms with van der Waals surface area (Å²) < 4.78 is 6.11. The molecule has 4 fully saturated rings. The summed E-state index contributed by atoms with van der Waals surface area (Å²) in [6, 6.07) is 1.16. The maximum Gasteiger partial charge on any atom is 0.311 e. The summed E-state index contributed by atoms with van der Waals surface area (Å²) in [5.74, 6) is 2.53. The second kappa shape index (κ2) is 7.58. The van der Waals surface area contributed by atoms with Crippen molar-refractivity contribution in [3.8, 4) is 0 Å². The number of carbonyl (C=O) groups excluding carboxylic acids is 1. The number of nitrogens with zero attached hydrogens (tertiary/aromatic N) is 1. The van der Waals surface area contributed by atoms with Crippen molar-refractivity contribution in [2.24, 2.45) is 23.7 Å². The lowest BCUT2D eigenvalue weighted by Gasteiger charge is -2.46. The number of esters is 1. The fraction of sp³-hybridized carbons (Fsp3) is 0.955. The van der Waals surface area contributed by atoms with Crippen LogP contribution in [0, 0.1) is 23.7 Å². The zero-order valence-corrected chi connectivity index (χ0v) is 16.3. The molecule has 4 rings (SSSR count). The van der Waals surface area contributed by atoms with Crippen LogP contribution in [0.1, 0.15) is 84.0 Å². The highest BCUT2D eigenvalue weighted by Gasteiger charge is 2.51. The van der Waals surface area contributed by atoms with E-state index in [4.69, 9.17) is 4.74 Å². The fourth-order valence-corrected chi connectivity index (χ4v) is 6.46. The molecular weight excluding hydrogens is 310 g/mol. The third-order valence-corrected chi connectivity index (χ3v) is 8.09. The van der Waals surface area contributed by atoms with Gasteiger partial charge < -0.3 is 4.74 Å². The van der Waals surface area contributed by atoms with Gasteiger partial charge in [0.05, 0.1) is 5.92 Å². The second-order valence-electron chi connectivity index (χ2n) is 9.61. The normalized spacial score (nSPS) is 43.1. The maximum absolute atomic E-state index is 13.3. The first-order valence-corrected chi connectivity index (χ1v) is 11.1. The van der Waals surface area contributed by atoms with Crippen molar-refractivity contribution in [2.45, 2.75) is 102 Å². The van der Waals surface area contributed by atoms with Gasteiger partial charge in [-0.15, -0.1) is 0 Å². The Morgan fingerprint density at radius 2 is 1.64 bits per heavy atom. The molecule has 142 valence electrons. The average Bonchev–Trinajstić information content (AvgIpc) is 2.86. The van der Waals surface area contributed by atoms with Gasteiger partial charge in [-0.2, -0.15) is 0 Å². The van der Waals surface area contributed by atoms with Gasteiger partial charge in [0.15, 0.2) is 0 Å². The van der Waals surface area contributed by atoms with Gasteiger partial charge >= 0.3 is 5.97 Å². The lowest BCUT2D eigenvalue weighted by molar-refractivity contribution is -0.164. The van der Waals surface area contributed by atoms with Gasteiger partial charge in [0, 0.05) is 12.1 Å². The van der Waals surface area contributed by atoms with E-state index in [0.717, 1.165) is 24.7 Å². The Hall–Kier alpha value is -0.570. The summed E-state index contributed by atoms with van der Waals surface area (Å²) in [7, 11) is 2.25. The van der Waals surface area contributed by atoms with Crippen LogP contribution < -0.4 is 0 Å². The van der Waals surface area contributed by atoms with Gasteiger partial charge in [0.1, 0.15) is 6.10 Å². The lowest BCUT2D eigenvalue weighted by atomic mass is 9.67. The van der Waals surface area contributed by atoms with E-state index >= 15 is 0 Å². The first kappa shape index (κ1) is 17.8. The summed E-state index contributed by atoms with van der Waals surface area (Å²) in [6.45, 7) is 2.39. The molecule has 4 aliphatic rings. The van der Waals surface area contributed by atoms with E-state index in [9.17, 15) is 4.79 Å². The van der Waals surface area contributed by atoms with E-state index in [1.54, 1.807) is 0 Å². The highest BCUT2D eigenvalue weighted by Crippen LogP contribution is 2.48. The van der Waals surface area contributed by atoms with Crippen LogP contribution in [0.4, 0.5) is 0 Å². The molecule has 0 N–H and O–H groups in total. The van der Waals surface area contributed by atoms with Crippen molar-refractivity contribution >= 4 is 5.97 Å². The van der Waals surface area contributed by atoms with Crippen molar-refractivity contribution in [3.05, 3.63) is 0 Å².